The minimum atomic E-state index is -0.598. The summed E-state index contributed by atoms with van der Waals surface area (Å²) in [5.74, 6) is -0.598. The van der Waals surface area contributed by atoms with Crippen molar-refractivity contribution in [2.24, 2.45) is 5.41 Å². The van der Waals surface area contributed by atoms with E-state index in [1.807, 2.05) is 0 Å². The summed E-state index contributed by atoms with van der Waals surface area (Å²) in [6, 6.07) is 0. The molecule has 0 aromatic carbocycles. The molecule has 3 fully saturated rings. The predicted octanol–water partition coefficient (Wildman–Crippen LogP) is 4.91. The van der Waals surface area contributed by atoms with Gasteiger partial charge in [0.15, 0.2) is 5.79 Å². The fourth-order valence-electron chi connectivity index (χ4n) is 5.35. The molecule has 2 saturated heterocycles. The topological polar surface area (TPSA) is 51.2 Å². The first-order valence-electron chi connectivity index (χ1n) is 11.1. The Kier molecular flexibility index (Phi) is 6.30. The van der Waals surface area contributed by atoms with Crippen LogP contribution in [-0.2, 0) is 14.2 Å². The molecule has 0 amide bonds. The largest absolute Gasteiger partial charge is 0.377 e. The Morgan fingerprint density at radius 1 is 0.963 bits per heavy atom. The van der Waals surface area contributed by atoms with Crippen molar-refractivity contribution in [1.82, 2.24) is 5.06 Å². The standard InChI is InChI=1S/C22H41NO4/c1-6-21(7-2)14-22(13-19(3,4)23(21)24)26-16-20(5,17-27-22)15-25-18-11-9-8-10-12-18/h18,24H,6-17H2,1-5H3. The van der Waals surface area contributed by atoms with Gasteiger partial charge in [0, 0.05) is 23.8 Å². The van der Waals surface area contributed by atoms with E-state index < -0.39 is 5.79 Å². The minimum Gasteiger partial charge on any atom is -0.377 e. The quantitative estimate of drug-likeness (QED) is 0.731. The maximum Gasteiger partial charge on any atom is 0.172 e. The summed E-state index contributed by atoms with van der Waals surface area (Å²) in [5.41, 5.74) is -0.769. The van der Waals surface area contributed by atoms with Gasteiger partial charge in [-0.25, -0.2) is 0 Å². The molecule has 5 nitrogen and oxygen atoms in total. The Bertz CT molecular complexity index is 489. The fourth-order valence-corrected chi connectivity index (χ4v) is 5.35. The summed E-state index contributed by atoms with van der Waals surface area (Å²) >= 11 is 0. The van der Waals surface area contributed by atoms with Crippen LogP contribution >= 0.6 is 0 Å². The molecule has 27 heavy (non-hydrogen) atoms. The van der Waals surface area contributed by atoms with Crippen LogP contribution in [-0.4, -0.2) is 53.1 Å². The van der Waals surface area contributed by atoms with E-state index in [0.29, 0.717) is 38.8 Å². The highest BCUT2D eigenvalue weighted by molar-refractivity contribution is 5.05. The van der Waals surface area contributed by atoms with Crippen LogP contribution in [0.1, 0.15) is 92.4 Å². The molecule has 5 heteroatoms. The molecule has 2 heterocycles. The molecule has 3 aliphatic rings. The average molecular weight is 384 g/mol. The smallest absolute Gasteiger partial charge is 0.172 e. The van der Waals surface area contributed by atoms with Gasteiger partial charge in [-0.2, -0.15) is 5.06 Å². The highest BCUT2D eigenvalue weighted by atomic mass is 16.7. The molecule has 0 aromatic rings. The number of hydroxylamine groups is 2. The van der Waals surface area contributed by atoms with Crippen LogP contribution in [0.15, 0.2) is 0 Å². The van der Waals surface area contributed by atoms with Gasteiger partial charge in [0.1, 0.15) is 0 Å². The van der Waals surface area contributed by atoms with Crippen molar-refractivity contribution in [2.75, 3.05) is 19.8 Å². The van der Waals surface area contributed by atoms with E-state index in [1.165, 1.54) is 32.1 Å². The van der Waals surface area contributed by atoms with Crippen molar-refractivity contribution < 1.29 is 19.4 Å². The van der Waals surface area contributed by atoms with E-state index in [9.17, 15) is 5.21 Å². The summed E-state index contributed by atoms with van der Waals surface area (Å²) in [5, 5.41) is 12.5. The molecule has 0 atom stereocenters. The molecule has 1 spiro atoms. The monoisotopic (exact) mass is 383 g/mol. The second-order valence-corrected chi connectivity index (χ2v) is 10.3. The summed E-state index contributed by atoms with van der Waals surface area (Å²) in [4.78, 5) is 0. The normalized spacial score (nSPS) is 37.6. The van der Waals surface area contributed by atoms with Gasteiger partial charge in [0.2, 0.25) is 0 Å². The van der Waals surface area contributed by atoms with E-state index in [4.69, 9.17) is 14.2 Å². The van der Waals surface area contributed by atoms with Gasteiger partial charge in [0.05, 0.1) is 31.5 Å². The van der Waals surface area contributed by atoms with Gasteiger partial charge in [-0.15, -0.1) is 0 Å². The van der Waals surface area contributed by atoms with Crippen LogP contribution in [0.4, 0.5) is 0 Å². The highest BCUT2D eigenvalue weighted by Crippen LogP contribution is 2.50. The van der Waals surface area contributed by atoms with Crippen molar-refractivity contribution >= 4 is 0 Å². The molecule has 1 N–H and O–H groups in total. The van der Waals surface area contributed by atoms with Crippen LogP contribution in [0.25, 0.3) is 0 Å². The highest BCUT2D eigenvalue weighted by Gasteiger charge is 2.58. The lowest BCUT2D eigenvalue weighted by molar-refractivity contribution is -0.379. The Hall–Kier alpha value is -0.200. The zero-order valence-corrected chi connectivity index (χ0v) is 18.2. The number of rotatable bonds is 5. The van der Waals surface area contributed by atoms with Crippen molar-refractivity contribution in [3.63, 3.8) is 0 Å². The van der Waals surface area contributed by atoms with Crippen molar-refractivity contribution in [2.45, 2.75) is 115 Å². The molecule has 0 aromatic heterocycles. The predicted molar refractivity (Wildman–Crippen MR) is 106 cm³/mol. The second kappa shape index (κ2) is 7.91. The van der Waals surface area contributed by atoms with Crippen molar-refractivity contribution in [3.05, 3.63) is 0 Å². The van der Waals surface area contributed by atoms with Crippen LogP contribution < -0.4 is 0 Å². The molecule has 0 unspecified atom stereocenters. The number of ether oxygens (including phenoxy) is 3. The summed E-state index contributed by atoms with van der Waals surface area (Å²) in [6.07, 6.45) is 9.87. The van der Waals surface area contributed by atoms with Crippen LogP contribution in [0.5, 0.6) is 0 Å². The zero-order chi connectivity index (χ0) is 19.8. The number of nitrogens with zero attached hydrogens (tertiary/aromatic N) is 1. The zero-order valence-electron chi connectivity index (χ0n) is 18.2. The lowest BCUT2D eigenvalue weighted by atomic mass is 9.73. The van der Waals surface area contributed by atoms with E-state index in [0.717, 1.165) is 12.8 Å². The van der Waals surface area contributed by atoms with Gasteiger partial charge in [-0.1, -0.05) is 40.0 Å². The number of hydrogen-bond donors (Lipinski definition) is 1. The van der Waals surface area contributed by atoms with Crippen molar-refractivity contribution in [1.29, 1.82) is 0 Å². The Balaban J connectivity index is 1.64. The molecule has 0 bridgehead atoms. The lowest BCUT2D eigenvalue weighted by Crippen LogP contribution is -2.69. The molecule has 1 saturated carbocycles. The molecule has 2 aliphatic heterocycles. The maximum absolute atomic E-state index is 10.9. The minimum absolute atomic E-state index is 0.0930. The molecular weight excluding hydrogens is 342 g/mol. The molecule has 3 rings (SSSR count). The lowest BCUT2D eigenvalue weighted by Gasteiger charge is -2.59. The molecular formula is C22H41NO4. The van der Waals surface area contributed by atoms with Crippen LogP contribution in [0.2, 0.25) is 0 Å². The van der Waals surface area contributed by atoms with Gasteiger partial charge in [-0.05, 0) is 39.5 Å². The Morgan fingerprint density at radius 3 is 2.11 bits per heavy atom. The molecule has 158 valence electrons. The fraction of sp³-hybridized carbons (Fsp3) is 1.00. The van der Waals surface area contributed by atoms with Crippen LogP contribution in [0, 0.1) is 5.41 Å². The third kappa shape index (κ3) is 4.37. The SMILES string of the molecule is CCC1(CC)CC2(CC(C)(C)N1O)OCC(C)(COC1CCCCC1)CO2. The third-order valence-corrected chi connectivity index (χ3v) is 7.23. The third-order valence-electron chi connectivity index (χ3n) is 7.23. The van der Waals surface area contributed by atoms with Gasteiger partial charge in [-0.3, -0.25) is 0 Å². The molecule has 1 aliphatic carbocycles. The van der Waals surface area contributed by atoms with Crippen molar-refractivity contribution in [3.8, 4) is 0 Å². The van der Waals surface area contributed by atoms with Gasteiger partial charge < -0.3 is 19.4 Å². The summed E-state index contributed by atoms with van der Waals surface area (Å²) < 4.78 is 19.2. The Labute approximate surface area is 165 Å². The summed E-state index contributed by atoms with van der Waals surface area (Å²) in [7, 11) is 0. The van der Waals surface area contributed by atoms with E-state index in [-0.39, 0.29) is 16.5 Å². The van der Waals surface area contributed by atoms with Crippen LogP contribution in [0.3, 0.4) is 0 Å². The summed E-state index contributed by atoms with van der Waals surface area (Å²) in [6.45, 7) is 12.7. The van der Waals surface area contributed by atoms with Gasteiger partial charge in [0.25, 0.3) is 0 Å². The first-order valence-corrected chi connectivity index (χ1v) is 11.1. The number of hydrogen-bond acceptors (Lipinski definition) is 5. The van der Waals surface area contributed by atoms with E-state index in [2.05, 4.69) is 34.6 Å². The average Bonchev–Trinajstić information content (AvgIpc) is 2.67. The Morgan fingerprint density at radius 2 is 1.56 bits per heavy atom. The van der Waals surface area contributed by atoms with Gasteiger partial charge >= 0.3 is 0 Å². The first-order chi connectivity index (χ1) is 12.7. The molecule has 0 radical (unpaired) electrons. The first kappa shape index (κ1) is 21.5. The van der Waals surface area contributed by atoms with E-state index >= 15 is 0 Å². The second-order valence-electron chi connectivity index (χ2n) is 10.3. The van der Waals surface area contributed by atoms with E-state index in [1.54, 1.807) is 5.06 Å². The number of piperidine rings is 1. The maximum atomic E-state index is 10.9.